The average molecular weight is 322 g/mol. The van der Waals surface area contributed by atoms with E-state index in [9.17, 15) is 4.79 Å². The molecule has 0 spiro atoms. The van der Waals surface area contributed by atoms with Crippen LogP contribution in [0, 0.1) is 5.92 Å². The van der Waals surface area contributed by atoms with E-state index in [1.165, 1.54) is 0 Å². The maximum absolute atomic E-state index is 11.8. The molecule has 23 heavy (non-hydrogen) atoms. The van der Waals surface area contributed by atoms with Gasteiger partial charge in [-0.2, -0.15) is 5.10 Å². The molecule has 1 aromatic rings. The van der Waals surface area contributed by atoms with Gasteiger partial charge in [-0.3, -0.25) is 9.48 Å². The predicted molar refractivity (Wildman–Crippen MR) is 93.3 cm³/mol. The Hall–Kier alpha value is -2.05. The van der Waals surface area contributed by atoms with Gasteiger partial charge in [0.2, 0.25) is 5.91 Å². The molecule has 0 aliphatic heterocycles. The number of nitrogens with one attached hydrogen (secondary N) is 3. The summed E-state index contributed by atoms with van der Waals surface area (Å²) in [5, 5.41) is 13.5. The first-order valence-corrected chi connectivity index (χ1v) is 8.10. The predicted octanol–water partition coefficient (Wildman–Crippen LogP) is 0.989. The van der Waals surface area contributed by atoms with E-state index in [4.69, 9.17) is 0 Å². The first kappa shape index (κ1) is 19.0. The Balaban J connectivity index is 2.44. The molecule has 0 aliphatic rings. The highest BCUT2D eigenvalue weighted by Gasteiger charge is 2.13. The fourth-order valence-electron chi connectivity index (χ4n) is 2.01. The summed E-state index contributed by atoms with van der Waals surface area (Å²) in [5.41, 5.74) is -0.239. The number of aliphatic imine (C=N–C) groups is 1. The van der Waals surface area contributed by atoms with E-state index in [0.717, 1.165) is 19.6 Å². The quantitative estimate of drug-likeness (QED) is 0.516. The summed E-state index contributed by atoms with van der Waals surface area (Å²) < 4.78 is 1.91. The van der Waals surface area contributed by atoms with Crippen molar-refractivity contribution < 1.29 is 4.79 Å². The molecule has 0 aliphatic carbocycles. The zero-order valence-corrected chi connectivity index (χ0v) is 14.9. The van der Waals surface area contributed by atoms with Crippen LogP contribution in [0.25, 0.3) is 0 Å². The van der Waals surface area contributed by atoms with Crippen molar-refractivity contribution in [2.75, 3.05) is 19.6 Å². The monoisotopic (exact) mass is 322 g/mol. The highest BCUT2D eigenvalue weighted by molar-refractivity contribution is 5.85. The van der Waals surface area contributed by atoms with Crippen LogP contribution in [0.15, 0.2) is 23.5 Å². The van der Waals surface area contributed by atoms with Crippen LogP contribution in [0.2, 0.25) is 0 Å². The van der Waals surface area contributed by atoms with Gasteiger partial charge < -0.3 is 16.0 Å². The topological polar surface area (TPSA) is 83.3 Å². The molecule has 3 N–H and O–H groups in total. The average Bonchev–Trinajstić information content (AvgIpc) is 2.93. The summed E-state index contributed by atoms with van der Waals surface area (Å²) in [7, 11) is 0. The van der Waals surface area contributed by atoms with Gasteiger partial charge in [0.15, 0.2) is 5.96 Å². The van der Waals surface area contributed by atoms with Crippen molar-refractivity contribution in [1.29, 1.82) is 0 Å². The maximum Gasteiger partial charge on any atom is 0.242 e. The minimum atomic E-state index is -0.239. The van der Waals surface area contributed by atoms with Gasteiger partial charge in [0.1, 0.15) is 6.54 Å². The van der Waals surface area contributed by atoms with E-state index in [1.54, 1.807) is 6.20 Å². The maximum atomic E-state index is 11.8. The van der Waals surface area contributed by atoms with Crippen LogP contribution in [0.5, 0.6) is 0 Å². The zero-order valence-electron chi connectivity index (χ0n) is 14.9. The third-order valence-corrected chi connectivity index (χ3v) is 2.92. The van der Waals surface area contributed by atoms with Crippen LogP contribution in [-0.2, 0) is 11.3 Å². The number of rotatable bonds is 7. The number of carbonyl (C=O) groups excluding carboxylic acids is 1. The van der Waals surface area contributed by atoms with Gasteiger partial charge in [0.25, 0.3) is 0 Å². The minimum absolute atomic E-state index is 0.0840. The highest BCUT2D eigenvalue weighted by atomic mass is 16.2. The number of hydrogen-bond acceptors (Lipinski definition) is 3. The Kier molecular flexibility index (Phi) is 7.57. The lowest BCUT2D eigenvalue weighted by Gasteiger charge is -2.20. The number of guanidine groups is 1. The number of aromatic nitrogens is 2. The van der Waals surface area contributed by atoms with Crippen LogP contribution in [0.3, 0.4) is 0 Å². The molecule has 0 radical (unpaired) electrons. The van der Waals surface area contributed by atoms with Gasteiger partial charge in [-0.25, -0.2) is 4.99 Å². The first-order valence-electron chi connectivity index (χ1n) is 8.10. The summed E-state index contributed by atoms with van der Waals surface area (Å²) in [6.45, 7) is 12.5. The Labute approximate surface area is 138 Å². The molecule has 1 amide bonds. The van der Waals surface area contributed by atoms with Crippen molar-refractivity contribution in [3.63, 3.8) is 0 Å². The molecule has 1 rings (SSSR count). The van der Waals surface area contributed by atoms with Gasteiger partial charge in [-0.15, -0.1) is 0 Å². The minimum Gasteiger partial charge on any atom is -0.357 e. The number of carbonyl (C=O) groups is 1. The van der Waals surface area contributed by atoms with Crippen LogP contribution in [0.1, 0.15) is 34.6 Å². The third-order valence-electron chi connectivity index (χ3n) is 2.92. The van der Waals surface area contributed by atoms with Crippen LogP contribution >= 0.6 is 0 Å². The standard InChI is InChI=1S/C16H30N6O/c1-6-17-15(19-11-14(23)21-16(3,4)5)18-10-13(2)12-22-9-7-8-20-22/h7-9,13H,6,10-12H2,1-5H3,(H,21,23)(H2,17,18,19). The second-order valence-corrected chi connectivity index (χ2v) is 6.71. The lowest BCUT2D eigenvalue weighted by atomic mass is 10.1. The normalized spacial score (nSPS) is 13.5. The summed E-state index contributed by atoms with van der Waals surface area (Å²) >= 11 is 0. The van der Waals surface area contributed by atoms with Crippen molar-refractivity contribution >= 4 is 11.9 Å². The van der Waals surface area contributed by atoms with E-state index in [-0.39, 0.29) is 18.0 Å². The molecule has 0 saturated heterocycles. The summed E-state index contributed by atoms with van der Waals surface area (Å²) in [6.07, 6.45) is 3.73. The molecular formula is C16H30N6O. The van der Waals surface area contributed by atoms with Gasteiger partial charge in [0, 0.05) is 37.6 Å². The van der Waals surface area contributed by atoms with Crippen molar-refractivity contribution in [3.8, 4) is 0 Å². The van der Waals surface area contributed by atoms with Crippen molar-refractivity contribution in [2.24, 2.45) is 10.9 Å². The summed E-state index contributed by atoms with van der Waals surface area (Å²) in [5.74, 6) is 0.963. The van der Waals surface area contributed by atoms with E-state index >= 15 is 0 Å². The molecule has 1 atom stereocenters. The molecular weight excluding hydrogens is 292 g/mol. The highest BCUT2D eigenvalue weighted by Crippen LogP contribution is 1.99. The molecule has 1 heterocycles. The van der Waals surface area contributed by atoms with E-state index in [2.05, 4.69) is 33.0 Å². The molecule has 0 saturated carbocycles. The van der Waals surface area contributed by atoms with Crippen LogP contribution in [0.4, 0.5) is 0 Å². The van der Waals surface area contributed by atoms with Crippen molar-refractivity contribution in [1.82, 2.24) is 25.7 Å². The summed E-state index contributed by atoms with van der Waals surface area (Å²) in [4.78, 5) is 16.2. The zero-order chi connectivity index (χ0) is 17.3. The van der Waals surface area contributed by atoms with Gasteiger partial charge in [-0.1, -0.05) is 6.92 Å². The Morgan fingerprint density at radius 1 is 1.35 bits per heavy atom. The van der Waals surface area contributed by atoms with Gasteiger partial charge in [-0.05, 0) is 39.7 Å². The molecule has 0 aromatic carbocycles. The molecule has 0 fully saturated rings. The molecule has 7 nitrogen and oxygen atoms in total. The molecule has 1 aromatic heterocycles. The smallest absolute Gasteiger partial charge is 0.242 e. The molecule has 1 unspecified atom stereocenters. The Morgan fingerprint density at radius 3 is 2.65 bits per heavy atom. The number of hydrogen-bond donors (Lipinski definition) is 3. The number of amides is 1. The van der Waals surface area contributed by atoms with Gasteiger partial charge in [0.05, 0.1) is 0 Å². The molecule has 130 valence electrons. The van der Waals surface area contributed by atoms with Crippen molar-refractivity contribution in [3.05, 3.63) is 18.5 Å². The SMILES string of the molecule is CCNC(=NCC(=O)NC(C)(C)C)NCC(C)Cn1cccn1. The second kappa shape index (κ2) is 9.17. The van der Waals surface area contributed by atoms with E-state index in [0.29, 0.717) is 11.9 Å². The second-order valence-electron chi connectivity index (χ2n) is 6.71. The lowest BCUT2D eigenvalue weighted by Crippen LogP contribution is -2.43. The molecule has 7 heteroatoms. The largest absolute Gasteiger partial charge is 0.357 e. The Bertz CT molecular complexity index is 489. The lowest BCUT2D eigenvalue weighted by molar-refractivity contribution is -0.121. The first-order chi connectivity index (χ1) is 10.8. The van der Waals surface area contributed by atoms with Crippen molar-refractivity contribution in [2.45, 2.75) is 46.7 Å². The van der Waals surface area contributed by atoms with E-state index in [1.807, 2.05) is 44.6 Å². The fraction of sp³-hybridized carbons (Fsp3) is 0.688. The van der Waals surface area contributed by atoms with Crippen LogP contribution < -0.4 is 16.0 Å². The van der Waals surface area contributed by atoms with Crippen LogP contribution in [-0.4, -0.2) is 46.8 Å². The molecule has 0 bridgehead atoms. The Morgan fingerprint density at radius 2 is 2.09 bits per heavy atom. The third kappa shape index (κ3) is 8.85. The number of nitrogens with zero attached hydrogens (tertiary/aromatic N) is 3. The van der Waals surface area contributed by atoms with Gasteiger partial charge >= 0.3 is 0 Å². The fourth-order valence-corrected chi connectivity index (χ4v) is 2.01. The summed E-state index contributed by atoms with van der Waals surface area (Å²) in [6, 6.07) is 1.92. The van der Waals surface area contributed by atoms with E-state index < -0.39 is 0 Å².